The molecule has 41 heavy (non-hydrogen) atoms. The number of anilines is 1. The van der Waals surface area contributed by atoms with Crippen LogP contribution in [0.1, 0.15) is 49.2 Å². The van der Waals surface area contributed by atoms with E-state index in [1.807, 2.05) is 60.0 Å². The fraction of sp³-hybridized carbons (Fsp3) is 0.375. The molecule has 3 aliphatic carbocycles. The number of benzene rings is 2. The Kier molecular flexibility index (Phi) is 5.72. The van der Waals surface area contributed by atoms with Gasteiger partial charge in [0, 0.05) is 30.5 Å². The fourth-order valence-corrected chi connectivity index (χ4v) is 7.04. The maximum absolute atomic E-state index is 12.7. The molecule has 208 valence electrons. The summed E-state index contributed by atoms with van der Waals surface area (Å²) in [6.45, 7) is 3.63. The molecule has 8 atom stereocenters. The maximum atomic E-state index is 12.7. The van der Waals surface area contributed by atoms with Gasteiger partial charge in [0.25, 0.3) is 0 Å². The van der Waals surface area contributed by atoms with Crippen molar-refractivity contribution in [3.63, 3.8) is 0 Å². The summed E-state index contributed by atoms with van der Waals surface area (Å²) in [7, 11) is 1.55. The second-order valence-electron chi connectivity index (χ2n) is 11.8. The van der Waals surface area contributed by atoms with Gasteiger partial charge < -0.3 is 25.4 Å². The zero-order valence-electron chi connectivity index (χ0n) is 23.1. The van der Waals surface area contributed by atoms with Gasteiger partial charge in [0.2, 0.25) is 11.7 Å². The van der Waals surface area contributed by atoms with Crippen LogP contribution in [0.4, 0.5) is 5.82 Å². The molecule has 4 unspecified atom stereocenters. The summed E-state index contributed by atoms with van der Waals surface area (Å²) < 4.78 is 1.82. The summed E-state index contributed by atoms with van der Waals surface area (Å²) in [5, 5.41) is 29.2. The molecule has 3 aliphatic rings. The van der Waals surface area contributed by atoms with E-state index in [1.165, 1.54) is 5.56 Å². The Bertz CT molecular complexity index is 1710. The molecule has 2 aromatic heterocycles. The van der Waals surface area contributed by atoms with E-state index in [0.717, 1.165) is 12.0 Å². The molecule has 3 fully saturated rings. The van der Waals surface area contributed by atoms with E-state index in [2.05, 4.69) is 39.6 Å². The number of carbonyl (C=O) groups is 1. The lowest BCUT2D eigenvalue weighted by Crippen LogP contribution is -2.51. The Balaban J connectivity index is 1.27. The number of carbonyl (C=O) groups excluding carboxylic acids is 1. The van der Waals surface area contributed by atoms with Gasteiger partial charge in [-0.05, 0) is 42.9 Å². The van der Waals surface area contributed by atoms with Crippen molar-refractivity contribution in [3.8, 4) is 11.8 Å². The van der Waals surface area contributed by atoms with E-state index >= 15 is 0 Å². The Morgan fingerprint density at radius 2 is 1.78 bits per heavy atom. The number of aromatic nitrogens is 4. The van der Waals surface area contributed by atoms with E-state index in [0.29, 0.717) is 28.7 Å². The Hall–Kier alpha value is -4.26. The van der Waals surface area contributed by atoms with Gasteiger partial charge in [0.15, 0.2) is 17.0 Å². The maximum Gasteiger partial charge on any atom is 0.228 e. The van der Waals surface area contributed by atoms with Crippen LogP contribution in [0.15, 0.2) is 67.0 Å². The van der Waals surface area contributed by atoms with Crippen molar-refractivity contribution < 1.29 is 15.0 Å². The molecule has 0 bridgehead atoms. The first-order valence-corrected chi connectivity index (χ1v) is 14.0. The molecule has 4 aromatic rings. The predicted octanol–water partition coefficient (Wildman–Crippen LogP) is 2.86. The monoisotopic (exact) mass is 548 g/mol. The lowest BCUT2D eigenvalue weighted by molar-refractivity contribution is -0.144. The first kappa shape index (κ1) is 25.7. The number of fused-ring (bicyclic) bond motifs is 2. The van der Waals surface area contributed by atoms with Crippen LogP contribution >= 0.6 is 0 Å². The fourth-order valence-electron chi connectivity index (χ4n) is 7.04. The van der Waals surface area contributed by atoms with Gasteiger partial charge in [-0.3, -0.25) is 4.79 Å². The molecule has 0 spiro atoms. The van der Waals surface area contributed by atoms with E-state index in [9.17, 15) is 15.0 Å². The summed E-state index contributed by atoms with van der Waals surface area (Å²) in [4.78, 5) is 26.9. The summed E-state index contributed by atoms with van der Waals surface area (Å²) in [6, 6.07) is 19.8. The molecular formula is C32H32N6O3. The minimum absolute atomic E-state index is 0.204. The number of imidazole rings is 1. The average Bonchev–Trinajstić information content (AvgIpc) is 3.84. The molecule has 4 N–H and O–H groups in total. The third-order valence-corrected chi connectivity index (χ3v) is 9.60. The van der Waals surface area contributed by atoms with Crippen molar-refractivity contribution in [1.82, 2.24) is 24.8 Å². The molecule has 3 saturated carbocycles. The first-order chi connectivity index (χ1) is 19.8. The Labute approximate surface area is 238 Å². The van der Waals surface area contributed by atoms with Crippen molar-refractivity contribution in [1.29, 1.82) is 0 Å². The number of nitrogens with zero attached hydrogens (tertiary/aromatic N) is 4. The normalized spacial score (nSPS) is 33.0. The van der Waals surface area contributed by atoms with E-state index < -0.39 is 23.2 Å². The van der Waals surface area contributed by atoms with Gasteiger partial charge in [0.05, 0.1) is 23.9 Å². The molecule has 9 heteroatoms. The van der Waals surface area contributed by atoms with Gasteiger partial charge in [0.1, 0.15) is 5.60 Å². The van der Waals surface area contributed by atoms with Crippen LogP contribution in [0.25, 0.3) is 11.2 Å². The summed E-state index contributed by atoms with van der Waals surface area (Å²) in [5.41, 5.74) is 0.664. The third kappa shape index (κ3) is 3.78. The molecule has 2 heterocycles. The topological polar surface area (TPSA) is 125 Å². The molecule has 0 saturated heterocycles. The number of aliphatic hydroxyl groups excluding tert-OH is 1. The van der Waals surface area contributed by atoms with Crippen LogP contribution in [-0.4, -0.2) is 60.4 Å². The van der Waals surface area contributed by atoms with E-state index in [4.69, 9.17) is 9.97 Å². The standard InChI is InChI=1S/C32H32N6O3/c1-18-24-26(32(24,41)29(39)31(18,2)30(40)33-3)38-17-34-25-27(35-22-16-21(22)20-12-8-5-9-13-20)36-23(37-28(25)38)15-14-19-10-6-4-7-11-19/h4-13,17-18,21-22,24,26,29,39,41H,16H2,1-3H3,(H,33,40)(H,35,36,37)/t18-,21?,22?,24+,26?,29-,31?,32-/m1/s1. The Morgan fingerprint density at radius 3 is 2.44 bits per heavy atom. The quantitative estimate of drug-likeness (QED) is 0.283. The van der Waals surface area contributed by atoms with Crippen molar-refractivity contribution in [2.75, 3.05) is 12.4 Å². The van der Waals surface area contributed by atoms with Crippen LogP contribution in [0, 0.1) is 29.1 Å². The smallest absolute Gasteiger partial charge is 0.228 e. The number of nitrogens with one attached hydrogen (secondary N) is 2. The zero-order chi connectivity index (χ0) is 28.5. The molecule has 1 amide bonds. The predicted molar refractivity (Wildman–Crippen MR) is 154 cm³/mol. The molecule has 0 radical (unpaired) electrons. The number of rotatable bonds is 5. The lowest BCUT2D eigenvalue weighted by Gasteiger charge is -2.35. The average molecular weight is 549 g/mol. The molecule has 7 rings (SSSR count). The highest BCUT2D eigenvalue weighted by Crippen LogP contribution is 2.72. The Morgan fingerprint density at radius 1 is 1.07 bits per heavy atom. The summed E-state index contributed by atoms with van der Waals surface area (Å²) >= 11 is 0. The number of hydrogen-bond donors (Lipinski definition) is 4. The van der Waals surface area contributed by atoms with Gasteiger partial charge in [-0.25, -0.2) is 15.0 Å². The second kappa shape index (κ2) is 9.13. The molecular weight excluding hydrogens is 516 g/mol. The highest BCUT2D eigenvalue weighted by Gasteiger charge is 2.82. The third-order valence-electron chi connectivity index (χ3n) is 9.60. The summed E-state index contributed by atoms with van der Waals surface area (Å²) in [5.74, 6) is 6.65. The number of amides is 1. The van der Waals surface area contributed by atoms with Crippen LogP contribution in [0.3, 0.4) is 0 Å². The number of aliphatic hydroxyl groups is 2. The summed E-state index contributed by atoms with van der Waals surface area (Å²) in [6.07, 6.45) is 1.39. The molecule has 2 aromatic carbocycles. The SMILES string of the molecule is CNC(=O)C1(C)[C@H](C)[C@H]2C(n3cnc4c(NC5CC5c5ccccc5)nc(C#Cc5ccccc5)nc43)[C@@]2(O)[C@@H]1O. The van der Waals surface area contributed by atoms with Crippen LogP contribution in [0.5, 0.6) is 0 Å². The number of hydrogen-bond acceptors (Lipinski definition) is 7. The highest BCUT2D eigenvalue weighted by atomic mass is 16.4. The minimum atomic E-state index is -1.47. The molecule has 9 nitrogen and oxygen atoms in total. The second-order valence-corrected chi connectivity index (χ2v) is 11.8. The van der Waals surface area contributed by atoms with Gasteiger partial charge in [-0.2, -0.15) is 0 Å². The van der Waals surface area contributed by atoms with Gasteiger partial charge in [-0.1, -0.05) is 61.4 Å². The zero-order valence-corrected chi connectivity index (χ0v) is 23.1. The van der Waals surface area contributed by atoms with E-state index in [-0.39, 0.29) is 23.8 Å². The highest BCUT2D eigenvalue weighted by molar-refractivity contribution is 5.86. The van der Waals surface area contributed by atoms with Crippen LogP contribution in [0.2, 0.25) is 0 Å². The van der Waals surface area contributed by atoms with Crippen LogP contribution < -0.4 is 10.6 Å². The lowest BCUT2D eigenvalue weighted by atomic mass is 9.73. The molecule has 0 aliphatic heterocycles. The van der Waals surface area contributed by atoms with Crippen molar-refractivity contribution in [2.45, 2.75) is 50.0 Å². The van der Waals surface area contributed by atoms with Crippen molar-refractivity contribution in [2.24, 2.45) is 17.3 Å². The van der Waals surface area contributed by atoms with Crippen molar-refractivity contribution >= 4 is 22.9 Å². The van der Waals surface area contributed by atoms with Gasteiger partial charge >= 0.3 is 0 Å². The van der Waals surface area contributed by atoms with Crippen LogP contribution in [-0.2, 0) is 4.79 Å². The van der Waals surface area contributed by atoms with Crippen molar-refractivity contribution in [3.05, 3.63) is 83.9 Å². The largest absolute Gasteiger partial charge is 0.389 e. The van der Waals surface area contributed by atoms with Gasteiger partial charge in [-0.15, -0.1) is 0 Å². The first-order valence-electron chi connectivity index (χ1n) is 14.0. The minimum Gasteiger partial charge on any atom is -0.389 e. The van der Waals surface area contributed by atoms with E-state index in [1.54, 1.807) is 20.3 Å².